The maximum Gasteiger partial charge on any atom is 0.173 e. The average molecular weight is 394 g/mol. The van der Waals surface area contributed by atoms with Crippen molar-refractivity contribution in [3.8, 4) is 6.07 Å². The van der Waals surface area contributed by atoms with Gasteiger partial charge in [0.1, 0.15) is 12.2 Å². The minimum absolute atomic E-state index is 0.000984. The predicted molar refractivity (Wildman–Crippen MR) is 112 cm³/mol. The Kier molecular flexibility index (Phi) is 6.65. The van der Waals surface area contributed by atoms with E-state index in [9.17, 15) is 20.3 Å². The van der Waals surface area contributed by atoms with Crippen molar-refractivity contribution in [1.82, 2.24) is 0 Å². The highest BCUT2D eigenvalue weighted by Crippen LogP contribution is 2.29. The number of Topliss-reactive ketones (excluding diaryl/α,β-unsaturated/α-hetero) is 1. The molecule has 1 fully saturated rings. The van der Waals surface area contributed by atoms with Gasteiger partial charge in [0.05, 0.1) is 18.3 Å². The van der Waals surface area contributed by atoms with Crippen LogP contribution in [0.2, 0.25) is 0 Å². The van der Waals surface area contributed by atoms with E-state index >= 15 is 0 Å². The topological polar surface area (TPSA) is 105 Å². The van der Waals surface area contributed by atoms with Gasteiger partial charge in [-0.25, -0.2) is 0 Å². The monoisotopic (exact) mass is 394 g/mol. The lowest BCUT2D eigenvalue weighted by Gasteiger charge is -2.41. The first kappa shape index (κ1) is 21.0. The van der Waals surface area contributed by atoms with Crippen molar-refractivity contribution in [2.24, 2.45) is 0 Å². The first-order valence-electron chi connectivity index (χ1n) is 9.85. The van der Waals surface area contributed by atoms with E-state index in [2.05, 4.69) is 24.0 Å². The molecule has 0 aliphatic carbocycles. The Morgan fingerprint density at radius 3 is 2.59 bits per heavy atom. The molecule has 6 nitrogen and oxygen atoms in total. The van der Waals surface area contributed by atoms with Gasteiger partial charge in [-0.05, 0) is 60.4 Å². The van der Waals surface area contributed by atoms with Crippen LogP contribution in [0.4, 0.5) is 5.69 Å². The van der Waals surface area contributed by atoms with Crippen LogP contribution >= 0.6 is 0 Å². The summed E-state index contributed by atoms with van der Waals surface area (Å²) in [4.78, 5) is 14.7. The molecular weight excluding hydrogens is 368 g/mol. The Balaban J connectivity index is 1.74. The normalized spacial score (nSPS) is 18.8. The fraction of sp³-hybridized carbons (Fsp3) is 0.391. The number of allylic oxidation sites excluding steroid dienone is 1. The predicted octanol–water partition coefficient (Wildman–Crippen LogP) is 2.41. The molecule has 3 rings (SSSR count). The number of hydrogen-bond donors (Lipinski definition) is 3. The van der Waals surface area contributed by atoms with Gasteiger partial charge in [-0.1, -0.05) is 18.2 Å². The van der Waals surface area contributed by atoms with Crippen LogP contribution in [0.3, 0.4) is 0 Å². The molecule has 3 atom stereocenters. The van der Waals surface area contributed by atoms with Crippen LogP contribution in [-0.2, 0) is 4.79 Å². The summed E-state index contributed by atoms with van der Waals surface area (Å²) in [6.07, 6.45) is 0.164. The smallest absolute Gasteiger partial charge is 0.173 e. The minimum atomic E-state index is -1.29. The Hall–Kier alpha value is -2.72. The number of fused-ring (bicyclic) bond motifs is 1. The maximum absolute atomic E-state index is 12.3. The van der Waals surface area contributed by atoms with E-state index in [4.69, 9.17) is 5.11 Å². The van der Waals surface area contributed by atoms with E-state index in [0.717, 1.165) is 22.9 Å². The molecule has 0 saturated carbocycles. The van der Waals surface area contributed by atoms with Gasteiger partial charge < -0.3 is 20.2 Å². The second-order valence-electron chi connectivity index (χ2n) is 7.57. The molecule has 2 aromatic carbocycles. The summed E-state index contributed by atoms with van der Waals surface area (Å²) in [5.74, 6) is -0.404. The molecule has 1 saturated heterocycles. The second kappa shape index (κ2) is 9.19. The number of hydrogen-bond acceptors (Lipinski definition) is 6. The molecule has 0 bridgehead atoms. The Labute approximate surface area is 170 Å². The molecule has 152 valence electrons. The molecular formula is C23H26N2O4. The maximum atomic E-state index is 12.3. The SMILES string of the molecule is CC1CCN1c1ccc2cc(/C=C(\C#N)C(=O)CCC(O)C(O)CO)ccc2c1. The zero-order valence-electron chi connectivity index (χ0n) is 16.5. The molecule has 2 aromatic rings. The van der Waals surface area contributed by atoms with Crippen molar-refractivity contribution >= 4 is 28.3 Å². The van der Waals surface area contributed by atoms with Gasteiger partial charge in [0.15, 0.2) is 5.78 Å². The Bertz CT molecular complexity index is 963. The Morgan fingerprint density at radius 1 is 1.24 bits per heavy atom. The molecule has 29 heavy (non-hydrogen) atoms. The van der Waals surface area contributed by atoms with E-state index in [1.165, 1.54) is 12.1 Å². The van der Waals surface area contributed by atoms with Crippen LogP contribution in [0.15, 0.2) is 42.0 Å². The van der Waals surface area contributed by atoms with E-state index < -0.39 is 24.6 Å². The number of carbonyl (C=O) groups excluding carboxylic acids is 1. The first-order chi connectivity index (χ1) is 13.9. The molecule has 1 aliphatic rings. The third-order valence-electron chi connectivity index (χ3n) is 5.53. The molecule has 0 amide bonds. The van der Waals surface area contributed by atoms with Crippen molar-refractivity contribution in [2.75, 3.05) is 18.1 Å². The van der Waals surface area contributed by atoms with Crippen LogP contribution in [0, 0.1) is 11.3 Å². The van der Waals surface area contributed by atoms with Crippen LogP contribution in [-0.4, -0.2) is 52.5 Å². The van der Waals surface area contributed by atoms with Gasteiger partial charge in [0, 0.05) is 24.7 Å². The third kappa shape index (κ3) is 4.83. The number of nitriles is 1. The fourth-order valence-corrected chi connectivity index (χ4v) is 3.49. The molecule has 0 radical (unpaired) electrons. The molecule has 3 unspecified atom stereocenters. The number of benzene rings is 2. The van der Waals surface area contributed by atoms with Gasteiger partial charge >= 0.3 is 0 Å². The number of aliphatic hydroxyl groups is 3. The van der Waals surface area contributed by atoms with Crippen molar-refractivity contribution < 1.29 is 20.1 Å². The van der Waals surface area contributed by atoms with Gasteiger partial charge in [-0.3, -0.25) is 4.79 Å². The number of aliphatic hydroxyl groups excluding tert-OH is 3. The van der Waals surface area contributed by atoms with Gasteiger partial charge in [-0.15, -0.1) is 0 Å². The summed E-state index contributed by atoms with van der Waals surface area (Å²) in [7, 11) is 0. The molecule has 6 heteroatoms. The van der Waals surface area contributed by atoms with E-state index in [1.54, 1.807) is 6.08 Å². The third-order valence-corrected chi connectivity index (χ3v) is 5.53. The first-order valence-corrected chi connectivity index (χ1v) is 9.85. The molecule has 0 aromatic heterocycles. The minimum Gasteiger partial charge on any atom is -0.394 e. The quantitative estimate of drug-likeness (QED) is 0.469. The highest BCUT2D eigenvalue weighted by atomic mass is 16.4. The standard InChI is InChI=1S/C23H26N2O4/c1-15-8-9-25(15)20-5-4-17-10-16(2-3-18(17)12-20)11-19(13-24)21(27)6-7-22(28)23(29)14-26/h2-5,10-12,15,22-23,26,28-29H,6-9,14H2,1H3/b19-11+. The summed E-state index contributed by atoms with van der Waals surface area (Å²) in [6, 6.07) is 14.6. The van der Waals surface area contributed by atoms with Crippen LogP contribution in [0.5, 0.6) is 0 Å². The summed E-state index contributed by atoms with van der Waals surface area (Å²) in [5.41, 5.74) is 1.96. The molecule has 0 spiro atoms. The fourth-order valence-electron chi connectivity index (χ4n) is 3.49. The van der Waals surface area contributed by atoms with Crippen molar-refractivity contribution in [3.63, 3.8) is 0 Å². The van der Waals surface area contributed by atoms with Gasteiger partial charge in [0.2, 0.25) is 0 Å². The van der Waals surface area contributed by atoms with E-state index in [1.807, 2.05) is 30.3 Å². The highest BCUT2D eigenvalue weighted by Gasteiger charge is 2.23. The zero-order valence-corrected chi connectivity index (χ0v) is 16.5. The number of rotatable bonds is 8. The summed E-state index contributed by atoms with van der Waals surface area (Å²) in [6.45, 7) is 2.71. The summed E-state index contributed by atoms with van der Waals surface area (Å²) in [5, 5.41) is 39.3. The van der Waals surface area contributed by atoms with Crippen LogP contribution in [0.25, 0.3) is 16.8 Å². The number of carbonyl (C=O) groups is 1. The Morgan fingerprint density at radius 2 is 1.97 bits per heavy atom. The zero-order chi connectivity index (χ0) is 21.0. The number of nitrogens with zero attached hydrogens (tertiary/aromatic N) is 2. The van der Waals surface area contributed by atoms with Crippen LogP contribution in [0.1, 0.15) is 31.7 Å². The lowest BCUT2D eigenvalue weighted by Crippen LogP contribution is -2.45. The lowest BCUT2D eigenvalue weighted by molar-refractivity contribution is -0.116. The largest absolute Gasteiger partial charge is 0.394 e. The van der Waals surface area contributed by atoms with Crippen molar-refractivity contribution in [3.05, 3.63) is 47.5 Å². The molecule has 1 aliphatic heterocycles. The van der Waals surface area contributed by atoms with Gasteiger partial charge in [0.25, 0.3) is 0 Å². The number of anilines is 1. The highest BCUT2D eigenvalue weighted by molar-refractivity contribution is 6.03. The van der Waals surface area contributed by atoms with Crippen molar-refractivity contribution in [2.45, 2.75) is 44.4 Å². The second-order valence-corrected chi connectivity index (χ2v) is 7.57. The summed E-state index contributed by atoms with van der Waals surface area (Å²) < 4.78 is 0. The lowest BCUT2D eigenvalue weighted by atomic mass is 9.99. The van der Waals surface area contributed by atoms with E-state index in [-0.39, 0.29) is 18.4 Å². The van der Waals surface area contributed by atoms with E-state index in [0.29, 0.717) is 6.04 Å². The molecule has 1 heterocycles. The molecule has 3 N–H and O–H groups in total. The van der Waals surface area contributed by atoms with Crippen LogP contribution < -0.4 is 4.90 Å². The van der Waals surface area contributed by atoms with Crippen molar-refractivity contribution in [1.29, 1.82) is 5.26 Å². The number of ketones is 1. The average Bonchev–Trinajstić information content (AvgIpc) is 2.73. The summed E-state index contributed by atoms with van der Waals surface area (Å²) >= 11 is 0. The van der Waals surface area contributed by atoms with Gasteiger partial charge in [-0.2, -0.15) is 5.26 Å².